The van der Waals surface area contributed by atoms with E-state index in [9.17, 15) is 18.0 Å². The lowest BCUT2D eigenvalue weighted by Crippen LogP contribution is -2.17. The Hall–Kier alpha value is -1.53. The number of rotatable bonds is 3. The van der Waals surface area contributed by atoms with Crippen molar-refractivity contribution in [1.82, 2.24) is 10.2 Å². The van der Waals surface area contributed by atoms with Gasteiger partial charge in [-0.05, 0) is 12.0 Å². The maximum absolute atomic E-state index is 12.2. The van der Waals surface area contributed by atoms with Crippen LogP contribution in [0.1, 0.15) is 31.2 Å². The molecule has 1 rings (SSSR count). The Morgan fingerprint density at radius 2 is 2.06 bits per heavy atom. The number of nitrogens with zero attached hydrogens (tertiary/aromatic N) is 1. The van der Waals surface area contributed by atoms with Gasteiger partial charge in [0.05, 0.1) is 5.69 Å². The molecule has 0 bridgehead atoms. The summed E-state index contributed by atoms with van der Waals surface area (Å²) < 4.78 is 36.7. The van der Waals surface area contributed by atoms with Gasteiger partial charge in [-0.1, -0.05) is 13.8 Å². The van der Waals surface area contributed by atoms with E-state index >= 15 is 0 Å². The molecule has 0 aromatic carbocycles. The molecular weight excluding hydrogens is 225 g/mol. The fourth-order valence-corrected chi connectivity index (χ4v) is 1.42. The minimum atomic E-state index is -4.56. The Bertz CT molecular complexity index is 384. The maximum atomic E-state index is 12.2. The summed E-state index contributed by atoms with van der Waals surface area (Å²) in [5.74, 6) is -2.50. The summed E-state index contributed by atoms with van der Waals surface area (Å²) >= 11 is 0. The lowest BCUT2D eigenvalue weighted by atomic mass is 9.92. The van der Waals surface area contributed by atoms with Gasteiger partial charge in [0.2, 0.25) is 0 Å². The Morgan fingerprint density at radius 1 is 1.50 bits per heavy atom. The number of carboxylic acids is 1. The van der Waals surface area contributed by atoms with Gasteiger partial charge in [-0.2, -0.15) is 18.3 Å². The van der Waals surface area contributed by atoms with E-state index in [2.05, 4.69) is 10.2 Å². The van der Waals surface area contributed by atoms with Gasteiger partial charge in [0.15, 0.2) is 5.69 Å². The average molecular weight is 236 g/mol. The highest BCUT2D eigenvalue weighted by atomic mass is 19.4. The van der Waals surface area contributed by atoms with E-state index in [0.717, 1.165) is 6.07 Å². The standard InChI is InChI=1S/C9H11F3N2O2/c1-4(2)7(8(15)16)5-3-6(14-13-5)9(10,11)12/h3-4,7H,1-2H3,(H,13,14)(H,15,16). The van der Waals surface area contributed by atoms with Gasteiger partial charge in [0.1, 0.15) is 5.92 Å². The number of aromatic nitrogens is 2. The molecule has 0 aliphatic rings. The van der Waals surface area contributed by atoms with Crippen molar-refractivity contribution in [2.24, 2.45) is 5.92 Å². The normalized spacial score (nSPS) is 14.1. The molecule has 2 N–H and O–H groups in total. The minimum absolute atomic E-state index is 0.0326. The van der Waals surface area contributed by atoms with Crippen LogP contribution in [0, 0.1) is 5.92 Å². The molecule has 0 fully saturated rings. The maximum Gasteiger partial charge on any atom is 0.435 e. The van der Waals surface area contributed by atoms with Crippen LogP contribution in [-0.2, 0) is 11.0 Å². The molecule has 90 valence electrons. The quantitative estimate of drug-likeness (QED) is 0.845. The highest BCUT2D eigenvalue weighted by Gasteiger charge is 2.36. The zero-order valence-corrected chi connectivity index (χ0v) is 8.67. The number of aromatic amines is 1. The van der Waals surface area contributed by atoms with E-state index in [4.69, 9.17) is 5.11 Å². The van der Waals surface area contributed by atoms with Crippen molar-refractivity contribution in [3.63, 3.8) is 0 Å². The summed E-state index contributed by atoms with van der Waals surface area (Å²) in [7, 11) is 0. The minimum Gasteiger partial charge on any atom is -0.481 e. The van der Waals surface area contributed by atoms with Crippen LogP contribution in [-0.4, -0.2) is 21.3 Å². The lowest BCUT2D eigenvalue weighted by Gasteiger charge is -2.13. The number of hydrogen-bond acceptors (Lipinski definition) is 2. The van der Waals surface area contributed by atoms with E-state index in [1.54, 1.807) is 13.8 Å². The highest BCUT2D eigenvalue weighted by Crippen LogP contribution is 2.31. The second kappa shape index (κ2) is 4.15. The molecule has 1 aromatic rings. The molecule has 7 heteroatoms. The molecule has 1 heterocycles. The number of nitrogens with one attached hydrogen (secondary N) is 1. The first-order valence-electron chi connectivity index (χ1n) is 4.58. The fraction of sp³-hybridized carbons (Fsp3) is 0.556. The second-order valence-electron chi connectivity index (χ2n) is 3.77. The molecule has 0 saturated carbocycles. The van der Waals surface area contributed by atoms with Gasteiger partial charge in [-0.15, -0.1) is 0 Å². The number of carbonyl (C=O) groups is 1. The van der Waals surface area contributed by atoms with Crippen molar-refractivity contribution >= 4 is 5.97 Å². The van der Waals surface area contributed by atoms with Crippen molar-refractivity contribution in [3.8, 4) is 0 Å². The van der Waals surface area contributed by atoms with Gasteiger partial charge in [-0.3, -0.25) is 9.89 Å². The van der Waals surface area contributed by atoms with Crippen molar-refractivity contribution in [2.45, 2.75) is 25.9 Å². The predicted octanol–water partition coefficient (Wildman–Crippen LogP) is 2.25. The van der Waals surface area contributed by atoms with Crippen LogP contribution in [0.5, 0.6) is 0 Å². The molecule has 1 aromatic heterocycles. The van der Waals surface area contributed by atoms with Crippen molar-refractivity contribution in [1.29, 1.82) is 0 Å². The molecule has 0 aliphatic carbocycles. The van der Waals surface area contributed by atoms with Gasteiger partial charge in [-0.25, -0.2) is 0 Å². The van der Waals surface area contributed by atoms with E-state index in [0.29, 0.717) is 0 Å². The topological polar surface area (TPSA) is 66.0 Å². The van der Waals surface area contributed by atoms with Crippen LogP contribution in [0.2, 0.25) is 0 Å². The summed E-state index contributed by atoms with van der Waals surface area (Å²) in [6, 6.07) is 0.735. The lowest BCUT2D eigenvalue weighted by molar-refractivity contribution is -0.142. The SMILES string of the molecule is CC(C)C(C(=O)O)c1cc(C(F)(F)F)n[nH]1. The average Bonchev–Trinajstić information content (AvgIpc) is 2.50. The Labute approximate surface area is 89.5 Å². The number of carboxylic acid groups (broad SMARTS) is 1. The Balaban J connectivity index is 3.04. The van der Waals surface area contributed by atoms with E-state index in [1.165, 1.54) is 0 Å². The molecule has 0 amide bonds. The zero-order valence-electron chi connectivity index (χ0n) is 8.67. The van der Waals surface area contributed by atoms with Crippen molar-refractivity contribution < 1.29 is 23.1 Å². The van der Waals surface area contributed by atoms with Crippen LogP contribution in [0.3, 0.4) is 0 Å². The molecule has 0 radical (unpaired) electrons. The molecule has 1 atom stereocenters. The fourth-order valence-electron chi connectivity index (χ4n) is 1.42. The van der Waals surface area contributed by atoms with Crippen LogP contribution < -0.4 is 0 Å². The number of alkyl halides is 3. The number of halogens is 3. The summed E-state index contributed by atoms with van der Waals surface area (Å²) in [5.41, 5.74) is -1.13. The highest BCUT2D eigenvalue weighted by molar-refractivity contribution is 5.75. The smallest absolute Gasteiger partial charge is 0.435 e. The van der Waals surface area contributed by atoms with E-state index in [1.807, 2.05) is 0 Å². The van der Waals surface area contributed by atoms with Gasteiger partial charge >= 0.3 is 12.1 Å². The third-order valence-electron chi connectivity index (χ3n) is 2.16. The molecule has 1 unspecified atom stereocenters. The monoisotopic (exact) mass is 236 g/mol. The van der Waals surface area contributed by atoms with Crippen LogP contribution in [0.4, 0.5) is 13.2 Å². The summed E-state index contributed by atoms with van der Waals surface area (Å²) in [6.07, 6.45) is -4.56. The molecule has 0 spiro atoms. The molecular formula is C9H11F3N2O2. The summed E-state index contributed by atoms with van der Waals surface area (Å²) in [5, 5.41) is 14.1. The zero-order chi connectivity index (χ0) is 12.5. The molecule has 16 heavy (non-hydrogen) atoms. The molecule has 4 nitrogen and oxygen atoms in total. The Morgan fingerprint density at radius 3 is 2.38 bits per heavy atom. The number of aliphatic carboxylic acids is 1. The first kappa shape index (κ1) is 12.5. The van der Waals surface area contributed by atoms with E-state index in [-0.39, 0.29) is 11.6 Å². The van der Waals surface area contributed by atoms with Crippen LogP contribution in [0.15, 0.2) is 6.07 Å². The number of hydrogen-bond donors (Lipinski definition) is 2. The molecule has 0 aliphatic heterocycles. The van der Waals surface area contributed by atoms with Gasteiger partial charge in [0.25, 0.3) is 0 Å². The predicted molar refractivity (Wildman–Crippen MR) is 48.8 cm³/mol. The van der Waals surface area contributed by atoms with E-state index < -0.39 is 23.8 Å². The second-order valence-corrected chi connectivity index (χ2v) is 3.77. The Kier molecular flexibility index (Phi) is 3.25. The van der Waals surface area contributed by atoms with Crippen LogP contribution in [0.25, 0.3) is 0 Å². The van der Waals surface area contributed by atoms with Crippen molar-refractivity contribution in [3.05, 3.63) is 17.5 Å². The first-order valence-corrected chi connectivity index (χ1v) is 4.58. The third-order valence-corrected chi connectivity index (χ3v) is 2.16. The first-order chi connectivity index (χ1) is 7.23. The summed E-state index contributed by atoms with van der Waals surface area (Å²) in [4.78, 5) is 10.9. The van der Waals surface area contributed by atoms with Crippen LogP contribution >= 0.6 is 0 Å². The third kappa shape index (κ3) is 2.53. The largest absolute Gasteiger partial charge is 0.481 e. The van der Waals surface area contributed by atoms with Gasteiger partial charge < -0.3 is 5.11 Å². The number of H-pyrrole nitrogens is 1. The summed E-state index contributed by atoms with van der Waals surface area (Å²) in [6.45, 7) is 3.24. The van der Waals surface area contributed by atoms with Crippen molar-refractivity contribution in [2.75, 3.05) is 0 Å². The van der Waals surface area contributed by atoms with Gasteiger partial charge in [0, 0.05) is 0 Å². The molecule has 0 saturated heterocycles.